The molecule has 0 aliphatic carbocycles. The highest BCUT2D eigenvalue weighted by Crippen LogP contribution is 2.39. The minimum absolute atomic E-state index is 0.101. The second-order valence-corrected chi connectivity index (χ2v) is 6.21. The Bertz CT molecular complexity index is 971. The molecular weight excluding hydrogens is 340 g/mol. The summed E-state index contributed by atoms with van der Waals surface area (Å²) in [5, 5.41) is 15.6. The summed E-state index contributed by atoms with van der Waals surface area (Å²) in [7, 11) is 1.49. The van der Waals surface area contributed by atoms with Crippen LogP contribution in [0.1, 0.15) is 16.9 Å². The highest BCUT2D eigenvalue weighted by atomic mass is 16.4. The number of nitrogens with one attached hydrogen (secondary N) is 1. The van der Waals surface area contributed by atoms with E-state index in [1.54, 1.807) is 6.07 Å². The maximum atomic E-state index is 12.9. The van der Waals surface area contributed by atoms with E-state index < -0.39 is 17.6 Å². The Morgan fingerprint density at radius 1 is 1.31 bits per heavy atom. The minimum atomic E-state index is -1.16. The van der Waals surface area contributed by atoms with Crippen LogP contribution in [0.4, 0.5) is 22.0 Å². The Morgan fingerprint density at radius 2 is 2.12 bits per heavy atom. The summed E-state index contributed by atoms with van der Waals surface area (Å²) in [5.74, 6) is -0.869. The van der Waals surface area contributed by atoms with Crippen molar-refractivity contribution in [2.75, 3.05) is 28.2 Å². The lowest BCUT2D eigenvalue weighted by atomic mass is 10.2. The van der Waals surface area contributed by atoms with E-state index in [0.717, 1.165) is 17.6 Å². The van der Waals surface area contributed by atoms with Crippen LogP contribution in [-0.2, 0) is 7.05 Å². The van der Waals surface area contributed by atoms with E-state index in [1.165, 1.54) is 30.3 Å². The van der Waals surface area contributed by atoms with E-state index in [4.69, 9.17) is 0 Å². The van der Waals surface area contributed by atoms with E-state index in [-0.39, 0.29) is 17.4 Å². The average molecular weight is 356 g/mol. The molecule has 0 spiro atoms. The number of carboxylic acid groups (broad SMARTS) is 1. The Hall–Kier alpha value is -3.43. The zero-order valence-electron chi connectivity index (χ0n) is 13.9. The van der Waals surface area contributed by atoms with Gasteiger partial charge < -0.3 is 15.3 Å². The molecule has 2 bridgehead atoms. The third-order valence-electron chi connectivity index (χ3n) is 4.64. The van der Waals surface area contributed by atoms with E-state index in [9.17, 15) is 19.5 Å². The van der Waals surface area contributed by atoms with Crippen LogP contribution >= 0.6 is 0 Å². The average Bonchev–Trinajstić information content (AvgIpc) is 3.03. The van der Waals surface area contributed by atoms with Crippen molar-refractivity contribution in [1.29, 1.82) is 0 Å². The van der Waals surface area contributed by atoms with Gasteiger partial charge in [-0.25, -0.2) is 19.3 Å². The van der Waals surface area contributed by atoms with Crippen LogP contribution in [0.3, 0.4) is 0 Å². The van der Waals surface area contributed by atoms with Crippen molar-refractivity contribution in [3.8, 4) is 0 Å². The van der Waals surface area contributed by atoms with Crippen LogP contribution in [0, 0.1) is 0 Å². The number of rotatable bonds is 2. The number of nitrogens with zero attached hydrogens (tertiary/aromatic N) is 5. The van der Waals surface area contributed by atoms with Crippen LogP contribution in [0.5, 0.6) is 0 Å². The number of carbonyl (C=O) groups excluding carboxylic acids is 1. The summed E-state index contributed by atoms with van der Waals surface area (Å²) in [6, 6.07) is 3.86. The molecular formula is C16H16N6O4. The third-order valence-corrected chi connectivity index (χ3v) is 4.64. The van der Waals surface area contributed by atoms with Gasteiger partial charge >= 0.3 is 12.0 Å². The number of aromatic carboxylic acids is 1. The van der Waals surface area contributed by atoms with Gasteiger partial charge in [0.05, 0.1) is 11.7 Å². The van der Waals surface area contributed by atoms with Crippen molar-refractivity contribution < 1.29 is 14.7 Å². The van der Waals surface area contributed by atoms with Crippen molar-refractivity contribution >= 4 is 29.2 Å². The Morgan fingerprint density at radius 3 is 2.88 bits per heavy atom. The Balaban J connectivity index is 1.73. The van der Waals surface area contributed by atoms with Gasteiger partial charge in [0.1, 0.15) is 5.69 Å². The Labute approximate surface area is 147 Å². The van der Waals surface area contributed by atoms with E-state index in [2.05, 4.69) is 20.3 Å². The molecule has 10 nitrogen and oxygen atoms in total. The van der Waals surface area contributed by atoms with Gasteiger partial charge in [0.15, 0.2) is 11.5 Å². The van der Waals surface area contributed by atoms with Crippen molar-refractivity contribution in [2.24, 2.45) is 7.05 Å². The lowest BCUT2D eigenvalue weighted by Gasteiger charge is -2.35. The maximum absolute atomic E-state index is 12.9. The predicted molar refractivity (Wildman–Crippen MR) is 92.8 cm³/mol. The number of hydrogen-bond donors (Lipinski definition) is 2. The SMILES string of the molecule is Cn1nccc(NC(=O)N2c3nc(C(=O)O)ccc3N3CCC2C3)c1=O. The van der Waals surface area contributed by atoms with Gasteiger partial charge in [-0.15, -0.1) is 0 Å². The molecule has 2 amide bonds. The maximum Gasteiger partial charge on any atom is 0.354 e. The first-order valence-electron chi connectivity index (χ1n) is 8.07. The smallest absolute Gasteiger partial charge is 0.354 e. The number of fused-ring (bicyclic) bond motifs is 4. The normalized spacial score (nSPS) is 17.8. The summed E-state index contributed by atoms with van der Waals surface area (Å²) >= 11 is 0. The van der Waals surface area contributed by atoms with Crippen molar-refractivity contribution in [3.63, 3.8) is 0 Å². The van der Waals surface area contributed by atoms with Crippen LogP contribution in [0.25, 0.3) is 0 Å². The summed E-state index contributed by atoms with van der Waals surface area (Å²) in [4.78, 5) is 44.0. The molecule has 2 aromatic rings. The number of aromatic nitrogens is 3. The van der Waals surface area contributed by atoms with Gasteiger partial charge in [-0.2, -0.15) is 5.10 Å². The number of hydrogen-bond acceptors (Lipinski definition) is 6. The molecule has 0 saturated carbocycles. The van der Waals surface area contributed by atoms with Crippen LogP contribution in [0.15, 0.2) is 29.2 Å². The van der Waals surface area contributed by atoms with Gasteiger partial charge in [0.2, 0.25) is 0 Å². The summed E-state index contributed by atoms with van der Waals surface area (Å²) in [6.07, 6.45) is 2.15. The third kappa shape index (κ3) is 2.46. The molecule has 10 heteroatoms. The van der Waals surface area contributed by atoms with Gasteiger partial charge in [-0.05, 0) is 24.6 Å². The molecule has 1 fully saturated rings. The topological polar surface area (TPSA) is 121 Å². The lowest BCUT2D eigenvalue weighted by molar-refractivity contribution is 0.0690. The molecule has 0 aromatic carbocycles. The molecule has 1 atom stereocenters. The van der Waals surface area contributed by atoms with Crippen LogP contribution in [-0.4, -0.2) is 51.0 Å². The number of pyridine rings is 1. The van der Waals surface area contributed by atoms with Crippen LogP contribution < -0.4 is 20.7 Å². The van der Waals surface area contributed by atoms with Crippen LogP contribution in [0.2, 0.25) is 0 Å². The molecule has 2 N–H and O–H groups in total. The summed E-state index contributed by atoms with van der Waals surface area (Å²) in [5.41, 5.74) is 0.243. The summed E-state index contributed by atoms with van der Waals surface area (Å²) < 4.78 is 1.12. The van der Waals surface area contributed by atoms with Gasteiger partial charge in [0.25, 0.3) is 5.56 Å². The molecule has 2 aliphatic rings. The monoisotopic (exact) mass is 356 g/mol. The zero-order valence-corrected chi connectivity index (χ0v) is 13.9. The van der Waals surface area contributed by atoms with Gasteiger partial charge in [0, 0.05) is 26.3 Å². The number of urea groups is 1. The first-order chi connectivity index (χ1) is 12.5. The lowest BCUT2D eigenvalue weighted by Crippen LogP contribution is -2.49. The Kier molecular flexibility index (Phi) is 3.60. The molecule has 2 aliphatic heterocycles. The predicted octanol–water partition coefficient (Wildman–Crippen LogP) is 0.504. The van der Waals surface area contributed by atoms with E-state index in [1.807, 2.05) is 0 Å². The highest BCUT2D eigenvalue weighted by Gasteiger charge is 2.40. The standard InChI is InChI=1S/C16H16N6O4/c1-20-14(23)10(4-6-17-20)19-16(26)22-9-5-7-21(8-9)12-3-2-11(15(24)25)18-13(12)22/h2-4,6,9H,5,7-8H2,1H3,(H,19,26)(H,24,25). The van der Waals surface area contributed by atoms with Crippen molar-refractivity contribution in [1.82, 2.24) is 14.8 Å². The first-order valence-corrected chi connectivity index (χ1v) is 8.07. The minimum Gasteiger partial charge on any atom is -0.477 e. The number of anilines is 3. The van der Waals surface area contributed by atoms with Crippen molar-refractivity contribution in [3.05, 3.63) is 40.4 Å². The second-order valence-electron chi connectivity index (χ2n) is 6.21. The van der Waals surface area contributed by atoms with Crippen molar-refractivity contribution in [2.45, 2.75) is 12.5 Å². The van der Waals surface area contributed by atoms with Gasteiger partial charge in [-0.1, -0.05) is 0 Å². The number of carboxylic acids is 1. The molecule has 26 heavy (non-hydrogen) atoms. The molecule has 1 unspecified atom stereocenters. The number of amides is 2. The molecule has 2 aromatic heterocycles. The fraction of sp³-hybridized carbons (Fsp3) is 0.312. The highest BCUT2D eigenvalue weighted by molar-refractivity contribution is 6.05. The van der Waals surface area contributed by atoms with E-state index >= 15 is 0 Å². The van der Waals surface area contributed by atoms with E-state index in [0.29, 0.717) is 18.1 Å². The first kappa shape index (κ1) is 16.1. The zero-order chi connectivity index (χ0) is 18.4. The van der Waals surface area contributed by atoms with Gasteiger partial charge in [-0.3, -0.25) is 9.69 Å². The second kappa shape index (κ2) is 5.83. The molecule has 0 radical (unpaired) electrons. The fourth-order valence-corrected chi connectivity index (χ4v) is 3.37. The molecule has 4 rings (SSSR count). The molecule has 1 saturated heterocycles. The molecule has 4 heterocycles. The fourth-order valence-electron chi connectivity index (χ4n) is 3.37. The molecule has 134 valence electrons. The quantitative estimate of drug-likeness (QED) is 0.804. The largest absolute Gasteiger partial charge is 0.477 e. The number of carbonyl (C=O) groups is 2. The number of aryl methyl sites for hydroxylation is 1. The summed E-state index contributed by atoms with van der Waals surface area (Å²) in [6.45, 7) is 1.40.